The highest BCUT2D eigenvalue weighted by Gasteiger charge is 2.34. The van der Waals surface area contributed by atoms with E-state index in [1.54, 1.807) is 30.3 Å². The van der Waals surface area contributed by atoms with Crippen LogP contribution >= 0.6 is 19.0 Å². The van der Waals surface area contributed by atoms with Crippen LogP contribution in [-0.2, 0) is 17.3 Å². The summed E-state index contributed by atoms with van der Waals surface area (Å²) in [6.07, 6.45) is -3.98. The van der Waals surface area contributed by atoms with Crippen molar-refractivity contribution in [3.8, 4) is 5.75 Å². The molecular formula is C32H32ClF3NO3P. The molecule has 1 unspecified atom stereocenters. The van der Waals surface area contributed by atoms with Crippen LogP contribution in [0.25, 0.3) is 0 Å². The van der Waals surface area contributed by atoms with Gasteiger partial charge in [-0.25, -0.2) is 0 Å². The minimum absolute atomic E-state index is 0.0252. The Balaban J connectivity index is 1.56. The van der Waals surface area contributed by atoms with Crippen molar-refractivity contribution in [3.05, 3.63) is 130 Å². The Morgan fingerprint density at radius 1 is 0.902 bits per heavy atom. The summed E-state index contributed by atoms with van der Waals surface area (Å²) in [5, 5.41) is 0.0198. The maximum Gasteiger partial charge on any atom is 0.417 e. The molecule has 4 aromatic rings. The average Bonchev–Trinajstić information content (AvgIpc) is 2.95. The Morgan fingerprint density at radius 3 is 2.10 bits per heavy atom. The molecule has 0 saturated carbocycles. The summed E-state index contributed by atoms with van der Waals surface area (Å²) in [6.45, 7) is 2.88. The van der Waals surface area contributed by atoms with Crippen LogP contribution in [0, 0.1) is 0 Å². The number of alkyl halides is 3. The van der Waals surface area contributed by atoms with Gasteiger partial charge < -0.3 is 9.63 Å². The third-order valence-electron chi connectivity index (χ3n) is 6.81. The standard InChI is InChI=1S/C32H32ClF3NO3P/c1-41(38,39)28-17-9-16-27(21-28)40-20-10-19-37(22-26-15-8-18-30(31(26)33)32(34,35)36)23-29(24-11-4-2-5-12-24)25-13-6-3-7-14-25/h2-9,11-18,21,29H,10,19-20,22-23H2,1H3,(H,38,39). The molecule has 0 radical (unpaired) electrons. The number of rotatable bonds is 12. The lowest BCUT2D eigenvalue weighted by Crippen LogP contribution is -2.31. The predicted molar refractivity (Wildman–Crippen MR) is 158 cm³/mol. The van der Waals surface area contributed by atoms with Crippen molar-refractivity contribution in [2.24, 2.45) is 0 Å². The van der Waals surface area contributed by atoms with Gasteiger partial charge in [-0.05, 0) is 47.4 Å². The van der Waals surface area contributed by atoms with E-state index in [0.717, 1.165) is 17.2 Å². The van der Waals surface area contributed by atoms with E-state index in [-0.39, 0.29) is 17.5 Å². The maximum absolute atomic E-state index is 13.6. The van der Waals surface area contributed by atoms with E-state index in [2.05, 4.69) is 29.2 Å². The molecule has 0 heterocycles. The Hall–Kier alpha value is -3.09. The molecule has 0 fully saturated rings. The first-order valence-electron chi connectivity index (χ1n) is 13.2. The zero-order chi connectivity index (χ0) is 29.5. The summed E-state index contributed by atoms with van der Waals surface area (Å²) in [4.78, 5) is 12.0. The summed E-state index contributed by atoms with van der Waals surface area (Å²) < 4.78 is 58.6. The fourth-order valence-corrected chi connectivity index (χ4v) is 5.76. The first kappa shape index (κ1) is 30.9. The van der Waals surface area contributed by atoms with Gasteiger partial charge in [-0.2, -0.15) is 13.2 Å². The number of halogens is 4. The van der Waals surface area contributed by atoms with Crippen LogP contribution in [0.1, 0.15) is 34.6 Å². The second-order valence-corrected chi connectivity index (χ2v) is 12.6. The highest BCUT2D eigenvalue weighted by atomic mass is 35.5. The first-order valence-corrected chi connectivity index (χ1v) is 15.7. The minimum atomic E-state index is -4.55. The molecule has 41 heavy (non-hydrogen) atoms. The van der Waals surface area contributed by atoms with Crippen molar-refractivity contribution < 1.29 is 27.4 Å². The number of hydrogen-bond donors (Lipinski definition) is 1. The summed E-state index contributed by atoms with van der Waals surface area (Å²) >= 11 is 6.29. The number of nitrogens with zero attached hydrogens (tertiary/aromatic N) is 1. The average molecular weight is 602 g/mol. The van der Waals surface area contributed by atoms with Gasteiger partial charge in [-0.3, -0.25) is 9.46 Å². The highest BCUT2D eigenvalue weighted by molar-refractivity contribution is 7.65. The van der Waals surface area contributed by atoms with Gasteiger partial charge in [0, 0.05) is 37.5 Å². The summed E-state index contributed by atoms with van der Waals surface area (Å²) in [6, 6.07) is 30.6. The van der Waals surface area contributed by atoms with Gasteiger partial charge in [-0.15, -0.1) is 0 Å². The fourth-order valence-electron chi connectivity index (χ4n) is 4.74. The summed E-state index contributed by atoms with van der Waals surface area (Å²) in [7, 11) is -3.41. The zero-order valence-corrected chi connectivity index (χ0v) is 24.2. The summed E-state index contributed by atoms with van der Waals surface area (Å²) in [5.74, 6) is 0.459. The third-order valence-corrected chi connectivity index (χ3v) is 8.49. The molecule has 1 atom stereocenters. The smallest absolute Gasteiger partial charge is 0.417 e. The Morgan fingerprint density at radius 2 is 1.51 bits per heavy atom. The quantitative estimate of drug-likeness (QED) is 0.132. The molecule has 0 aliphatic rings. The van der Waals surface area contributed by atoms with Gasteiger partial charge in [0.1, 0.15) is 5.75 Å². The highest BCUT2D eigenvalue weighted by Crippen LogP contribution is 2.37. The Labute approximate surface area is 243 Å². The van der Waals surface area contributed by atoms with Gasteiger partial charge in [-0.1, -0.05) is 90.5 Å². The molecule has 216 valence electrons. The molecule has 0 aliphatic heterocycles. The largest absolute Gasteiger partial charge is 0.494 e. The Bertz CT molecular complexity index is 1420. The zero-order valence-electron chi connectivity index (χ0n) is 22.6. The van der Waals surface area contributed by atoms with Crippen LogP contribution in [0.5, 0.6) is 5.75 Å². The van der Waals surface area contributed by atoms with Gasteiger partial charge in [0.25, 0.3) is 0 Å². The Kier molecular flexibility index (Phi) is 10.3. The monoisotopic (exact) mass is 601 g/mol. The maximum atomic E-state index is 13.6. The van der Waals surface area contributed by atoms with E-state index in [1.807, 2.05) is 36.4 Å². The van der Waals surface area contributed by atoms with Crippen LogP contribution in [0.2, 0.25) is 5.02 Å². The van der Waals surface area contributed by atoms with E-state index in [1.165, 1.54) is 12.7 Å². The molecule has 1 N–H and O–H groups in total. The van der Waals surface area contributed by atoms with E-state index in [0.29, 0.717) is 42.7 Å². The fraction of sp³-hybridized carbons (Fsp3) is 0.250. The molecule has 0 aliphatic carbocycles. The second kappa shape index (κ2) is 13.7. The van der Waals surface area contributed by atoms with E-state index < -0.39 is 19.1 Å². The lowest BCUT2D eigenvalue weighted by atomic mass is 9.90. The van der Waals surface area contributed by atoms with E-state index >= 15 is 0 Å². The number of ether oxygens (including phenoxy) is 1. The van der Waals surface area contributed by atoms with Crippen molar-refractivity contribution in [1.29, 1.82) is 0 Å². The van der Waals surface area contributed by atoms with Crippen molar-refractivity contribution in [2.75, 3.05) is 26.4 Å². The minimum Gasteiger partial charge on any atom is -0.494 e. The molecular weight excluding hydrogens is 570 g/mol. The predicted octanol–water partition coefficient (Wildman–Crippen LogP) is 7.99. The summed E-state index contributed by atoms with van der Waals surface area (Å²) in [5.41, 5.74) is 1.75. The number of benzene rings is 4. The van der Waals surface area contributed by atoms with Crippen molar-refractivity contribution in [3.63, 3.8) is 0 Å². The molecule has 4 nitrogen and oxygen atoms in total. The van der Waals surface area contributed by atoms with Crippen molar-refractivity contribution in [2.45, 2.75) is 25.1 Å². The van der Waals surface area contributed by atoms with Crippen LogP contribution in [-0.4, -0.2) is 36.2 Å². The van der Waals surface area contributed by atoms with Crippen LogP contribution in [0.3, 0.4) is 0 Å². The molecule has 9 heteroatoms. The van der Waals surface area contributed by atoms with Crippen LogP contribution < -0.4 is 10.0 Å². The van der Waals surface area contributed by atoms with Gasteiger partial charge in [0.05, 0.1) is 17.2 Å². The van der Waals surface area contributed by atoms with E-state index in [4.69, 9.17) is 16.3 Å². The van der Waals surface area contributed by atoms with Crippen LogP contribution in [0.4, 0.5) is 13.2 Å². The van der Waals surface area contributed by atoms with Gasteiger partial charge in [0.2, 0.25) is 7.37 Å². The molecule has 0 amide bonds. The topological polar surface area (TPSA) is 49.8 Å². The van der Waals surface area contributed by atoms with Gasteiger partial charge in [0.15, 0.2) is 0 Å². The lowest BCUT2D eigenvalue weighted by molar-refractivity contribution is -0.137. The van der Waals surface area contributed by atoms with E-state index in [9.17, 15) is 22.6 Å². The molecule has 4 rings (SSSR count). The lowest BCUT2D eigenvalue weighted by Gasteiger charge is -2.29. The van der Waals surface area contributed by atoms with Gasteiger partial charge >= 0.3 is 6.18 Å². The molecule has 0 spiro atoms. The normalized spacial score (nSPS) is 13.4. The number of hydrogen-bond acceptors (Lipinski definition) is 3. The molecule has 4 aromatic carbocycles. The molecule has 0 bridgehead atoms. The second-order valence-electron chi connectivity index (χ2n) is 9.96. The third kappa shape index (κ3) is 8.70. The van der Waals surface area contributed by atoms with Crippen molar-refractivity contribution >= 4 is 24.3 Å². The molecule has 0 saturated heterocycles. The molecule has 0 aromatic heterocycles. The SMILES string of the molecule is CP(=O)(O)c1cccc(OCCCN(Cc2cccc(C(F)(F)F)c2Cl)CC(c2ccccc2)c2ccccc2)c1. The first-order chi connectivity index (χ1) is 19.5. The van der Waals surface area contributed by atoms with Crippen molar-refractivity contribution in [1.82, 2.24) is 4.90 Å². The van der Waals surface area contributed by atoms with Crippen LogP contribution in [0.15, 0.2) is 103 Å².